The van der Waals surface area contributed by atoms with Crippen LogP contribution in [0, 0.1) is 5.82 Å². The molecule has 0 amide bonds. The van der Waals surface area contributed by atoms with Gasteiger partial charge in [0, 0.05) is 5.92 Å². The van der Waals surface area contributed by atoms with Crippen LogP contribution in [0.4, 0.5) is 4.39 Å². The van der Waals surface area contributed by atoms with Gasteiger partial charge in [0.05, 0.1) is 16.4 Å². The molecule has 6 heteroatoms. The van der Waals surface area contributed by atoms with Gasteiger partial charge in [-0.2, -0.15) is 0 Å². The van der Waals surface area contributed by atoms with Crippen molar-refractivity contribution in [3.05, 3.63) is 40.4 Å². The Morgan fingerprint density at radius 2 is 2.22 bits per heavy atom. The summed E-state index contributed by atoms with van der Waals surface area (Å²) in [6.45, 7) is 0. The summed E-state index contributed by atoms with van der Waals surface area (Å²) in [5.74, 6) is -0.173. The quantitative estimate of drug-likeness (QED) is 0.802. The van der Waals surface area contributed by atoms with Gasteiger partial charge >= 0.3 is 0 Å². The molecule has 3 rings (SSSR count). The van der Waals surface area contributed by atoms with Gasteiger partial charge in [0.25, 0.3) is 0 Å². The van der Waals surface area contributed by atoms with Crippen molar-refractivity contribution >= 4 is 17.9 Å². The minimum Gasteiger partial charge on any atom is -0.296 e. The second kappa shape index (κ2) is 4.17. The molecule has 92 valence electrons. The zero-order chi connectivity index (χ0) is 12.7. The van der Waals surface area contributed by atoms with E-state index in [1.54, 1.807) is 10.7 Å². The largest absolute Gasteiger partial charge is 0.296 e. The van der Waals surface area contributed by atoms with Gasteiger partial charge in [0.2, 0.25) is 0 Å². The molecule has 0 atom stereocenters. The highest BCUT2D eigenvalue weighted by molar-refractivity contribution is 6.30. The average molecular weight is 266 g/mol. The number of aldehydes is 1. The normalized spacial score (nSPS) is 14.8. The highest BCUT2D eigenvalue weighted by Gasteiger charge is 2.31. The fourth-order valence-electron chi connectivity index (χ4n) is 1.93. The molecule has 1 saturated carbocycles. The number of carbonyl (C=O) groups is 1. The summed E-state index contributed by atoms with van der Waals surface area (Å²) in [7, 11) is 0. The summed E-state index contributed by atoms with van der Waals surface area (Å²) in [6, 6.07) is 4.32. The van der Waals surface area contributed by atoms with E-state index in [0.717, 1.165) is 18.5 Å². The van der Waals surface area contributed by atoms with Gasteiger partial charge in [0.1, 0.15) is 11.5 Å². The van der Waals surface area contributed by atoms with Crippen LogP contribution in [-0.2, 0) is 0 Å². The molecule has 0 aliphatic heterocycles. The lowest BCUT2D eigenvalue weighted by molar-refractivity contribution is 0.111. The Morgan fingerprint density at radius 3 is 2.83 bits per heavy atom. The molecule has 1 aromatic carbocycles. The maximum Gasteiger partial charge on any atom is 0.172 e. The van der Waals surface area contributed by atoms with E-state index >= 15 is 0 Å². The topological polar surface area (TPSA) is 47.8 Å². The highest BCUT2D eigenvalue weighted by atomic mass is 35.5. The number of hydrogen-bond acceptors (Lipinski definition) is 3. The molecule has 0 unspecified atom stereocenters. The first-order chi connectivity index (χ1) is 8.70. The lowest BCUT2D eigenvalue weighted by Crippen LogP contribution is -2.02. The van der Waals surface area contributed by atoms with E-state index in [0.29, 0.717) is 23.6 Å². The van der Waals surface area contributed by atoms with Crippen molar-refractivity contribution in [2.45, 2.75) is 18.8 Å². The zero-order valence-corrected chi connectivity index (χ0v) is 10.1. The molecule has 0 bridgehead atoms. The Morgan fingerprint density at radius 1 is 1.44 bits per heavy atom. The second-order valence-corrected chi connectivity index (χ2v) is 4.67. The Labute approximate surface area is 107 Å². The first-order valence-corrected chi connectivity index (χ1v) is 5.94. The van der Waals surface area contributed by atoms with E-state index in [1.165, 1.54) is 12.1 Å². The molecule has 2 aromatic rings. The zero-order valence-electron chi connectivity index (χ0n) is 9.31. The van der Waals surface area contributed by atoms with Crippen LogP contribution < -0.4 is 0 Å². The molecule has 1 aliphatic carbocycles. The summed E-state index contributed by atoms with van der Waals surface area (Å²) >= 11 is 5.75. The fourth-order valence-corrected chi connectivity index (χ4v) is 2.11. The van der Waals surface area contributed by atoms with Crippen LogP contribution in [0.5, 0.6) is 0 Å². The number of hydrogen-bond donors (Lipinski definition) is 0. The molecule has 1 fully saturated rings. The lowest BCUT2D eigenvalue weighted by Gasteiger charge is -2.06. The van der Waals surface area contributed by atoms with Crippen molar-refractivity contribution < 1.29 is 9.18 Å². The van der Waals surface area contributed by atoms with Crippen molar-refractivity contribution in [1.29, 1.82) is 0 Å². The fraction of sp³-hybridized carbons (Fsp3) is 0.250. The lowest BCUT2D eigenvalue weighted by atomic mass is 10.2. The summed E-state index contributed by atoms with van der Waals surface area (Å²) in [5.41, 5.74) is 1.74. The minimum absolute atomic E-state index is 0.0254. The first-order valence-electron chi connectivity index (χ1n) is 5.57. The number of nitrogens with zero attached hydrogens (tertiary/aromatic N) is 3. The maximum atomic E-state index is 13.1. The molecule has 1 heterocycles. The number of carbonyl (C=O) groups excluding carboxylic acids is 1. The van der Waals surface area contributed by atoms with Gasteiger partial charge in [-0.15, -0.1) is 5.10 Å². The third-order valence-corrected chi connectivity index (χ3v) is 3.25. The predicted octanol–water partition coefficient (Wildman–Crippen LogP) is 2.75. The molecule has 18 heavy (non-hydrogen) atoms. The monoisotopic (exact) mass is 265 g/mol. The summed E-state index contributed by atoms with van der Waals surface area (Å²) in [4.78, 5) is 10.9. The predicted molar refractivity (Wildman–Crippen MR) is 63.7 cm³/mol. The first kappa shape index (κ1) is 11.3. The van der Waals surface area contributed by atoms with Gasteiger partial charge in [-0.1, -0.05) is 16.8 Å². The molecular weight excluding hydrogens is 257 g/mol. The Hall–Kier alpha value is -1.75. The van der Waals surface area contributed by atoms with Crippen molar-refractivity contribution in [2.24, 2.45) is 0 Å². The smallest absolute Gasteiger partial charge is 0.172 e. The summed E-state index contributed by atoms with van der Waals surface area (Å²) < 4.78 is 14.7. The van der Waals surface area contributed by atoms with Crippen LogP contribution in [0.25, 0.3) is 5.69 Å². The molecule has 1 aromatic heterocycles. The van der Waals surface area contributed by atoms with E-state index < -0.39 is 5.82 Å². The van der Waals surface area contributed by atoms with Crippen molar-refractivity contribution in [3.8, 4) is 5.69 Å². The van der Waals surface area contributed by atoms with Gasteiger partial charge in [-0.3, -0.25) is 4.79 Å². The number of halogens is 2. The number of aromatic nitrogens is 3. The van der Waals surface area contributed by atoms with Crippen LogP contribution in [0.15, 0.2) is 18.2 Å². The van der Waals surface area contributed by atoms with Gasteiger partial charge < -0.3 is 0 Å². The van der Waals surface area contributed by atoms with E-state index in [-0.39, 0.29) is 5.02 Å². The Balaban J connectivity index is 2.13. The highest BCUT2D eigenvalue weighted by Crippen LogP contribution is 2.41. The van der Waals surface area contributed by atoms with Crippen LogP contribution in [0.2, 0.25) is 5.02 Å². The molecule has 0 spiro atoms. The molecule has 0 N–H and O–H groups in total. The van der Waals surface area contributed by atoms with Crippen molar-refractivity contribution in [3.63, 3.8) is 0 Å². The van der Waals surface area contributed by atoms with E-state index in [1.807, 2.05) is 0 Å². The standard InChI is InChI=1S/C12H9ClFN3O/c13-9-5-8(3-4-10(9)14)17-12(7-1-2-7)11(6-18)15-16-17/h3-7H,1-2H2. The summed E-state index contributed by atoms with van der Waals surface area (Å²) in [6.07, 6.45) is 2.73. The molecule has 0 saturated heterocycles. The van der Waals surface area contributed by atoms with Crippen LogP contribution in [0.1, 0.15) is 34.9 Å². The molecule has 4 nitrogen and oxygen atoms in total. The maximum absolute atomic E-state index is 13.1. The molecule has 0 radical (unpaired) electrons. The minimum atomic E-state index is -0.482. The Bertz CT molecular complexity index is 622. The molecule has 1 aliphatic rings. The second-order valence-electron chi connectivity index (χ2n) is 4.26. The van der Waals surface area contributed by atoms with E-state index in [2.05, 4.69) is 10.3 Å². The third-order valence-electron chi connectivity index (χ3n) is 2.96. The number of rotatable bonds is 3. The van der Waals surface area contributed by atoms with E-state index in [9.17, 15) is 9.18 Å². The van der Waals surface area contributed by atoms with Crippen LogP contribution in [0.3, 0.4) is 0 Å². The third kappa shape index (κ3) is 1.80. The van der Waals surface area contributed by atoms with Crippen LogP contribution in [-0.4, -0.2) is 21.3 Å². The van der Waals surface area contributed by atoms with E-state index in [4.69, 9.17) is 11.6 Å². The van der Waals surface area contributed by atoms with Crippen LogP contribution >= 0.6 is 11.6 Å². The summed E-state index contributed by atoms with van der Waals surface area (Å²) in [5, 5.41) is 7.80. The van der Waals surface area contributed by atoms with Crippen molar-refractivity contribution in [1.82, 2.24) is 15.0 Å². The van der Waals surface area contributed by atoms with Crippen molar-refractivity contribution in [2.75, 3.05) is 0 Å². The average Bonchev–Trinajstić information content (AvgIpc) is 3.12. The number of benzene rings is 1. The van der Waals surface area contributed by atoms with Gasteiger partial charge in [-0.05, 0) is 31.0 Å². The Kier molecular flexibility index (Phi) is 2.63. The SMILES string of the molecule is O=Cc1nnn(-c2ccc(F)c(Cl)c2)c1C1CC1. The van der Waals surface area contributed by atoms with Gasteiger partial charge in [-0.25, -0.2) is 9.07 Å². The molecular formula is C12H9ClFN3O. The van der Waals surface area contributed by atoms with Gasteiger partial charge in [0.15, 0.2) is 6.29 Å².